The van der Waals surface area contributed by atoms with Gasteiger partial charge in [0.1, 0.15) is 17.3 Å². The lowest BCUT2D eigenvalue weighted by atomic mass is 10.2. The van der Waals surface area contributed by atoms with Gasteiger partial charge in [-0.15, -0.1) is 0 Å². The Hall–Kier alpha value is -2.98. The van der Waals surface area contributed by atoms with Gasteiger partial charge in [-0.3, -0.25) is 18.6 Å². The predicted octanol–water partition coefficient (Wildman–Crippen LogP) is 1.70. The molecule has 25 heavy (non-hydrogen) atoms. The number of aryl methyl sites for hydroxylation is 1. The minimum Gasteiger partial charge on any atom is -0.379 e. The molecular weight excluding hydrogens is 320 g/mol. The van der Waals surface area contributed by atoms with Gasteiger partial charge in [0.05, 0.1) is 11.5 Å². The number of aromatic nitrogens is 3. The normalized spacial score (nSPS) is 11.3. The summed E-state index contributed by atoms with van der Waals surface area (Å²) in [4.78, 5) is 29.7. The molecule has 128 valence electrons. The Morgan fingerprint density at radius 2 is 2.08 bits per heavy atom. The highest BCUT2D eigenvalue weighted by Gasteiger charge is 2.14. The average molecular weight is 338 g/mol. The molecule has 0 aromatic carbocycles. The molecule has 0 unspecified atom stereocenters. The van der Waals surface area contributed by atoms with Crippen molar-refractivity contribution in [3.63, 3.8) is 0 Å². The number of hydrogen-bond acceptors (Lipinski definition) is 5. The Morgan fingerprint density at radius 1 is 1.28 bits per heavy atom. The maximum atomic E-state index is 12.7. The molecule has 0 amide bonds. The first-order valence-corrected chi connectivity index (χ1v) is 8.09. The highest BCUT2D eigenvalue weighted by molar-refractivity contribution is 5.77. The number of ether oxygens (including phenoxy) is 1. The molecule has 0 spiro atoms. The van der Waals surface area contributed by atoms with Crippen molar-refractivity contribution in [2.45, 2.75) is 32.9 Å². The van der Waals surface area contributed by atoms with Gasteiger partial charge in [0, 0.05) is 19.3 Å². The van der Waals surface area contributed by atoms with Crippen molar-refractivity contribution in [1.82, 2.24) is 14.0 Å². The van der Waals surface area contributed by atoms with Gasteiger partial charge >= 0.3 is 0 Å². The Bertz CT molecular complexity index is 1090. The zero-order valence-corrected chi connectivity index (χ0v) is 14.1. The van der Waals surface area contributed by atoms with E-state index in [0.717, 1.165) is 0 Å². The molecule has 0 aliphatic carbocycles. The fraction of sp³-hybridized carbons (Fsp3) is 0.333. The molecule has 0 atom stereocenters. The van der Waals surface area contributed by atoms with Crippen LogP contribution in [0.2, 0.25) is 0 Å². The molecule has 0 radical (unpaired) electrons. The van der Waals surface area contributed by atoms with E-state index in [2.05, 4.69) is 4.98 Å². The van der Waals surface area contributed by atoms with Crippen LogP contribution in [0.5, 0.6) is 0 Å². The summed E-state index contributed by atoms with van der Waals surface area (Å²) in [6.45, 7) is 4.68. The van der Waals surface area contributed by atoms with Crippen molar-refractivity contribution in [1.29, 1.82) is 5.26 Å². The van der Waals surface area contributed by atoms with Crippen molar-refractivity contribution in [2.75, 3.05) is 6.61 Å². The van der Waals surface area contributed by atoms with Crippen LogP contribution in [0.3, 0.4) is 0 Å². The Labute approximate surface area is 143 Å². The van der Waals surface area contributed by atoms with Gasteiger partial charge in [-0.2, -0.15) is 5.26 Å². The van der Waals surface area contributed by atoms with Crippen LogP contribution in [0, 0.1) is 11.3 Å². The maximum Gasteiger partial charge on any atom is 0.270 e. The topological polar surface area (TPSA) is 89.4 Å². The van der Waals surface area contributed by atoms with Crippen LogP contribution in [0.4, 0.5) is 0 Å². The summed E-state index contributed by atoms with van der Waals surface area (Å²) in [5.41, 5.74) is -0.0518. The fourth-order valence-corrected chi connectivity index (χ4v) is 2.70. The lowest BCUT2D eigenvalue weighted by Crippen LogP contribution is -2.28. The summed E-state index contributed by atoms with van der Waals surface area (Å²) in [7, 11) is 0. The largest absolute Gasteiger partial charge is 0.379 e. The third kappa shape index (κ3) is 3.16. The molecule has 0 bridgehead atoms. The quantitative estimate of drug-likeness (QED) is 0.522. The number of nitrogens with zero attached hydrogens (tertiary/aromatic N) is 4. The second-order valence-electron chi connectivity index (χ2n) is 5.98. The molecule has 7 heteroatoms. The van der Waals surface area contributed by atoms with E-state index in [1.165, 1.54) is 15.0 Å². The SMILES string of the molecule is CC(C)OCCCn1c(=O)c(C#N)cc2c(=O)n3ccccc3nc21. The molecule has 3 rings (SSSR count). The minimum absolute atomic E-state index is 0.0629. The van der Waals surface area contributed by atoms with Gasteiger partial charge in [-0.25, -0.2) is 4.98 Å². The summed E-state index contributed by atoms with van der Waals surface area (Å²) in [5, 5.41) is 9.49. The Morgan fingerprint density at radius 3 is 2.80 bits per heavy atom. The monoisotopic (exact) mass is 338 g/mol. The van der Waals surface area contributed by atoms with E-state index in [9.17, 15) is 14.9 Å². The van der Waals surface area contributed by atoms with E-state index < -0.39 is 5.56 Å². The molecule has 0 N–H and O–H groups in total. The molecule has 0 aliphatic rings. The average Bonchev–Trinajstić information content (AvgIpc) is 2.60. The van der Waals surface area contributed by atoms with E-state index in [1.54, 1.807) is 24.4 Å². The molecular formula is C18H18N4O3. The molecule has 0 aliphatic heterocycles. The second-order valence-corrected chi connectivity index (χ2v) is 5.98. The number of fused-ring (bicyclic) bond motifs is 2. The van der Waals surface area contributed by atoms with Crippen molar-refractivity contribution in [3.8, 4) is 6.07 Å². The van der Waals surface area contributed by atoms with Crippen LogP contribution < -0.4 is 11.1 Å². The lowest BCUT2D eigenvalue weighted by molar-refractivity contribution is 0.0749. The third-order valence-electron chi connectivity index (χ3n) is 3.87. The minimum atomic E-state index is -0.438. The molecule has 3 aromatic heterocycles. The molecule has 7 nitrogen and oxygen atoms in total. The van der Waals surface area contributed by atoms with Crippen molar-refractivity contribution >= 4 is 16.7 Å². The number of nitriles is 1. The van der Waals surface area contributed by atoms with E-state index in [4.69, 9.17) is 4.74 Å². The zero-order chi connectivity index (χ0) is 18.0. The summed E-state index contributed by atoms with van der Waals surface area (Å²) in [6.07, 6.45) is 2.30. The first-order chi connectivity index (χ1) is 12.0. The lowest BCUT2D eigenvalue weighted by Gasteiger charge is -2.12. The summed E-state index contributed by atoms with van der Waals surface area (Å²) < 4.78 is 8.30. The summed E-state index contributed by atoms with van der Waals surface area (Å²) >= 11 is 0. The fourth-order valence-electron chi connectivity index (χ4n) is 2.70. The van der Waals surface area contributed by atoms with E-state index in [1.807, 2.05) is 19.9 Å². The Kier molecular flexibility index (Phi) is 4.63. The van der Waals surface area contributed by atoms with Crippen LogP contribution in [-0.4, -0.2) is 26.7 Å². The second kappa shape index (κ2) is 6.87. The van der Waals surface area contributed by atoms with Crippen LogP contribution in [0.25, 0.3) is 16.7 Å². The molecule has 0 saturated heterocycles. The number of hydrogen-bond donors (Lipinski definition) is 0. The van der Waals surface area contributed by atoms with E-state index >= 15 is 0 Å². The zero-order valence-electron chi connectivity index (χ0n) is 14.1. The van der Waals surface area contributed by atoms with Crippen LogP contribution >= 0.6 is 0 Å². The van der Waals surface area contributed by atoms with Crippen LogP contribution in [0.1, 0.15) is 25.8 Å². The highest BCUT2D eigenvalue weighted by Crippen LogP contribution is 2.10. The van der Waals surface area contributed by atoms with Gasteiger partial charge in [0.25, 0.3) is 11.1 Å². The van der Waals surface area contributed by atoms with Crippen LogP contribution in [0.15, 0.2) is 40.1 Å². The smallest absolute Gasteiger partial charge is 0.270 e. The molecule has 3 heterocycles. The van der Waals surface area contributed by atoms with Gasteiger partial charge in [0.15, 0.2) is 5.65 Å². The van der Waals surface area contributed by atoms with Gasteiger partial charge < -0.3 is 4.74 Å². The van der Waals surface area contributed by atoms with Crippen molar-refractivity contribution < 1.29 is 4.74 Å². The standard InChI is InChI=1S/C18H18N4O3/c1-12(2)25-9-5-8-22-16-14(10-13(11-19)17(22)23)18(24)21-7-4-3-6-15(21)20-16/h3-4,6-7,10,12H,5,8-9H2,1-2H3. The van der Waals surface area contributed by atoms with Crippen molar-refractivity contribution in [3.05, 3.63) is 56.7 Å². The Balaban J connectivity index is 2.19. The first-order valence-electron chi connectivity index (χ1n) is 8.09. The third-order valence-corrected chi connectivity index (χ3v) is 3.87. The predicted molar refractivity (Wildman–Crippen MR) is 93.6 cm³/mol. The van der Waals surface area contributed by atoms with Gasteiger partial charge in [0.2, 0.25) is 0 Å². The van der Waals surface area contributed by atoms with E-state index in [0.29, 0.717) is 30.9 Å². The molecule has 0 fully saturated rings. The molecule has 0 saturated carbocycles. The molecule has 3 aromatic rings. The van der Waals surface area contributed by atoms with Crippen molar-refractivity contribution in [2.24, 2.45) is 0 Å². The first kappa shape index (κ1) is 16.9. The van der Waals surface area contributed by atoms with Gasteiger partial charge in [-0.05, 0) is 38.5 Å². The number of pyridine rings is 2. The highest BCUT2D eigenvalue weighted by atomic mass is 16.5. The summed E-state index contributed by atoms with van der Waals surface area (Å²) in [6, 6.07) is 8.40. The number of rotatable bonds is 5. The summed E-state index contributed by atoms with van der Waals surface area (Å²) in [5.74, 6) is 0. The van der Waals surface area contributed by atoms with Crippen LogP contribution in [-0.2, 0) is 11.3 Å². The maximum absolute atomic E-state index is 12.7. The van der Waals surface area contributed by atoms with E-state index in [-0.39, 0.29) is 22.6 Å². The van der Waals surface area contributed by atoms with Gasteiger partial charge in [-0.1, -0.05) is 6.07 Å².